The minimum atomic E-state index is -0.228. The van der Waals surface area contributed by atoms with Crippen LogP contribution in [-0.2, 0) is 6.54 Å². The van der Waals surface area contributed by atoms with Crippen molar-refractivity contribution in [2.24, 2.45) is 0 Å². The lowest BCUT2D eigenvalue weighted by Crippen LogP contribution is -2.07. The average molecular weight is 324 g/mol. The summed E-state index contributed by atoms with van der Waals surface area (Å²) in [6, 6.07) is 5.70. The van der Waals surface area contributed by atoms with Crippen LogP contribution < -0.4 is 9.61 Å². The molecule has 0 aliphatic carbocycles. The monoisotopic (exact) mass is 323 g/mol. The smallest absolute Gasteiger partial charge is 0.304 e. The molecule has 0 saturated heterocycles. The molecule has 7 heteroatoms. The molecule has 3 rings (SSSR count). The molecule has 5 nitrogen and oxygen atoms in total. The SMILES string of the molecule is COc1ccc2nc(C(C)Cl)n(Cc3csc(=O)[nH]3)c2c1. The van der Waals surface area contributed by atoms with E-state index in [1.165, 1.54) is 0 Å². The first kappa shape index (κ1) is 14.2. The van der Waals surface area contributed by atoms with Gasteiger partial charge in [0.2, 0.25) is 0 Å². The molecule has 0 aliphatic heterocycles. The third-order valence-electron chi connectivity index (χ3n) is 3.24. The number of methoxy groups -OCH3 is 1. The van der Waals surface area contributed by atoms with Crippen LogP contribution in [0.5, 0.6) is 5.75 Å². The molecule has 0 fully saturated rings. The number of H-pyrrole nitrogens is 1. The number of fused-ring (bicyclic) bond motifs is 1. The molecule has 3 aromatic rings. The van der Waals surface area contributed by atoms with Crippen LogP contribution in [0.4, 0.5) is 0 Å². The average Bonchev–Trinajstić information content (AvgIpc) is 3.03. The zero-order valence-electron chi connectivity index (χ0n) is 11.6. The number of benzene rings is 1. The van der Waals surface area contributed by atoms with E-state index in [0.717, 1.165) is 39.6 Å². The molecule has 1 aromatic carbocycles. The van der Waals surface area contributed by atoms with Gasteiger partial charge >= 0.3 is 4.87 Å². The van der Waals surface area contributed by atoms with E-state index in [-0.39, 0.29) is 10.3 Å². The van der Waals surface area contributed by atoms with Gasteiger partial charge in [-0.2, -0.15) is 0 Å². The fourth-order valence-electron chi connectivity index (χ4n) is 2.28. The highest BCUT2D eigenvalue weighted by molar-refractivity contribution is 7.07. The summed E-state index contributed by atoms with van der Waals surface area (Å²) in [6.45, 7) is 2.40. The summed E-state index contributed by atoms with van der Waals surface area (Å²) in [7, 11) is 1.63. The number of hydrogen-bond donors (Lipinski definition) is 1. The zero-order chi connectivity index (χ0) is 15.0. The maximum absolute atomic E-state index is 11.3. The van der Waals surface area contributed by atoms with E-state index in [4.69, 9.17) is 16.3 Å². The molecular weight excluding hydrogens is 310 g/mol. The van der Waals surface area contributed by atoms with Crippen molar-refractivity contribution < 1.29 is 4.74 Å². The van der Waals surface area contributed by atoms with Gasteiger partial charge in [-0.1, -0.05) is 11.3 Å². The molecule has 0 saturated carbocycles. The van der Waals surface area contributed by atoms with E-state index in [9.17, 15) is 4.79 Å². The van der Waals surface area contributed by atoms with Crippen molar-refractivity contribution in [2.75, 3.05) is 7.11 Å². The number of nitrogens with one attached hydrogen (secondary N) is 1. The van der Waals surface area contributed by atoms with Crippen molar-refractivity contribution in [2.45, 2.75) is 18.8 Å². The van der Waals surface area contributed by atoms with E-state index < -0.39 is 0 Å². The predicted octanol–water partition coefficient (Wildman–Crippen LogP) is 3.14. The largest absolute Gasteiger partial charge is 0.497 e. The third-order valence-corrected chi connectivity index (χ3v) is 4.15. The summed E-state index contributed by atoms with van der Waals surface area (Å²) in [5, 5.41) is 1.59. The van der Waals surface area contributed by atoms with Crippen LogP contribution in [0.15, 0.2) is 28.4 Å². The standard InChI is InChI=1S/C14H14ClN3O2S/c1-8(15)13-17-11-4-3-10(20-2)5-12(11)18(13)6-9-7-21-14(19)16-9/h3-5,7-8H,6H2,1-2H3,(H,16,19). The predicted molar refractivity (Wildman–Crippen MR) is 84.6 cm³/mol. The first-order valence-corrected chi connectivity index (χ1v) is 7.75. The Hall–Kier alpha value is -1.79. The first-order chi connectivity index (χ1) is 10.1. The topological polar surface area (TPSA) is 59.9 Å². The Morgan fingerprint density at radius 2 is 2.33 bits per heavy atom. The minimum Gasteiger partial charge on any atom is -0.497 e. The Morgan fingerprint density at radius 3 is 2.95 bits per heavy atom. The van der Waals surface area contributed by atoms with E-state index in [1.54, 1.807) is 7.11 Å². The van der Waals surface area contributed by atoms with Gasteiger partial charge < -0.3 is 14.3 Å². The number of ether oxygens (including phenoxy) is 1. The van der Waals surface area contributed by atoms with E-state index in [1.807, 2.05) is 35.1 Å². The molecule has 110 valence electrons. The Balaban J connectivity index is 2.16. The van der Waals surface area contributed by atoms with E-state index in [0.29, 0.717) is 6.54 Å². The molecule has 0 aliphatic rings. The lowest BCUT2D eigenvalue weighted by molar-refractivity contribution is 0.415. The van der Waals surface area contributed by atoms with Gasteiger partial charge in [0.25, 0.3) is 0 Å². The van der Waals surface area contributed by atoms with Crippen LogP contribution in [0.25, 0.3) is 11.0 Å². The van der Waals surface area contributed by atoms with Crippen molar-refractivity contribution in [1.29, 1.82) is 0 Å². The van der Waals surface area contributed by atoms with Gasteiger partial charge in [-0.05, 0) is 19.1 Å². The number of hydrogen-bond acceptors (Lipinski definition) is 4. The quantitative estimate of drug-likeness (QED) is 0.750. The Bertz CT molecular complexity index is 834. The summed E-state index contributed by atoms with van der Waals surface area (Å²) < 4.78 is 7.28. The van der Waals surface area contributed by atoms with Crippen molar-refractivity contribution in [3.8, 4) is 5.75 Å². The van der Waals surface area contributed by atoms with Crippen LogP contribution in [-0.4, -0.2) is 21.6 Å². The number of aromatic amines is 1. The number of imidazole rings is 1. The summed E-state index contributed by atoms with van der Waals surface area (Å²) in [5.74, 6) is 1.53. The van der Waals surface area contributed by atoms with Gasteiger partial charge in [-0.3, -0.25) is 4.79 Å². The second-order valence-electron chi connectivity index (χ2n) is 4.70. The molecule has 2 aromatic heterocycles. The maximum Gasteiger partial charge on any atom is 0.304 e. The van der Waals surface area contributed by atoms with Crippen LogP contribution in [0.3, 0.4) is 0 Å². The molecule has 0 spiro atoms. The minimum absolute atomic E-state index is 0.0625. The van der Waals surface area contributed by atoms with E-state index in [2.05, 4.69) is 9.97 Å². The number of aromatic nitrogens is 3. The summed E-state index contributed by atoms with van der Waals surface area (Å²) >= 11 is 7.39. The number of alkyl halides is 1. The fraction of sp³-hybridized carbons (Fsp3) is 0.286. The summed E-state index contributed by atoms with van der Waals surface area (Å²) in [4.78, 5) is 18.6. The van der Waals surface area contributed by atoms with Gasteiger partial charge in [-0.25, -0.2) is 4.98 Å². The van der Waals surface area contributed by atoms with Crippen LogP contribution in [0, 0.1) is 0 Å². The van der Waals surface area contributed by atoms with Crippen molar-refractivity contribution in [3.63, 3.8) is 0 Å². The second-order valence-corrected chi connectivity index (χ2v) is 6.20. The lowest BCUT2D eigenvalue weighted by Gasteiger charge is -2.09. The van der Waals surface area contributed by atoms with Crippen molar-refractivity contribution in [1.82, 2.24) is 14.5 Å². The molecule has 0 radical (unpaired) electrons. The molecule has 1 atom stereocenters. The van der Waals surface area contributed by atoms with Gasteiger partial charge in [0.05, 0.1) is 30.1 Å². The highest BCUT2D eigenvalue weighted by atomic mass is 35.5. The molecule has 1 N–H and O–H groups in total. The fourth-order valence-corrected chi connectivity index (χ4v) is 3.02. The molecule has 0 amide bonds. The summed E-state index contributed by atoms with van der Waals surface area (Å²) in [5.41, 5.74) is 2.63. The third kappa shape index (κ3) is 2.69. The lowest BCUT2D eigenvalue weighted by atomic mass is 10.3. The highest BCUT2D eigenvalue weighted by Gasteiger charge is 2.16. The second kappa shape index (κ2) is 5.54. The molecule has 1 unspecified atom stereocenters. The van der Waals surface area contributed by atoms with Gasteiger partial charge in [0.15, 0.2) is 0 Å². The molecule has 21 heavy (non-hydrogen) atoms. The number of thiazole rings is 1. The van der Waals surface area contributed by atoms with Crippen molar-refractivity contribution >= 4 is 34.0 Å². The Kier molecular flexibility index (Phi) is 3.73. The van der Waals surface area contributed by atoms with Crippen LogP contribution in [0.1, 0.15) is 23.8 Å². The normalized spacial score (nSPS) is 12.7. The Labute approximate surface area is 130 Å². The number of rotatable bonds is 4. The highest BCUT2D eigenvalue weighted by Crippen LogP contribution is 2.27. The molecule has 0 bridgehead atoms. The van der Waals surface area contributed by atoms with Gasteiger partial charge in [0, 0.05) is 17.1 Å². The van der Waals surface area contributed by atoms with E-state index >= 15 is 0 Å². The zero-order valence-corrected chi connectivity index (χ0v) is 13.2. The van der Waals surface area contributed by atoms with Crippen LogP contribution >= 0.6 is 22.9 Å². The van der Waals surface area contributed by atoms with Crippen molar-refractivity contribution in [3.05, 3.63) is 44.8 Å². The maximum atomic E-state index is 11.3. The Morgan fingerprint density at radius 1 is 1.52 bits per heavy atom. The summed E-state index contributed by atoms with van der Waals surface area (Å²) in [6.07, 6.45) is 0. The first-order valence-electron chi connectivity index (χ1n) is 6.43. The molecule has 2 heterocycles. The van der Waals surface area contributed by atoms with Crippen LogP contribution in [0.2, 0.25) is 0 Å². The van der Waals surface area contributed by atoms with Gasteiger partial charge in [0.1, 0.15) is 11.6 Å². The molecular formula is C14H14ClN3O2S. The number of halogens is 1. The number of nitrogens with zero attached hydrogens (tertiary/aromatic N) is 2. The van der Waals surface area contributed by atoms with Gasteiger partial charge in [-0.15, -0.1) is 11.6 Å².